The van der Waals surface area contributed by atoms with Crippen LogP contribution in [0, 0.1) is 29.2 Å². The minimum Gasteiger partial charge on any atom is -0.374 e. The van der Waals surface area contributed by atoms with Crippen molar-refractivity contribution < 1.29 is 49.4 Å². The van der Waals surface area contributed by atoms with Crippen molar-refractivity contribution in [3.8, 4) is 12.1 Å². The molecule has 4 atom stereocenters. The summed E-state index contributed by atoms with van der Waals surface area (Å²) in [5.41, 5.74) is 0. The van der Waals surface area contributed by atoms with E-state index in [2.05, 4.69) is 17.0 Å². The Morgan fingerprint density at radius 1 is 0.514 bits per heavy atom. The van der Waals surface area contributed by atoms with Gasteiger partial charge in [-0.2, -0.15) is 10.5 Å². The zero-order chi connectivity index (χ0) is 26.8. The molecule has 0 aromatic heterocycles. The highest BCUT2D eigenvalue weighted by atomic mass is 28.6. The standard InChI is InChI=1S/C14H27N3O12Si8/c1-17-11-14-37-24-30(2)18-31(3)20-33(5,27-37)25-36(13-8-10-16)26-34(6,28-37)21-32(4,19-30)23-35(22-31,29-36)12-7-9-15/h7-8,11-14H2,2-6H3. The second-order valence-corrected chi connectivity index (χ2v) is 33.6. The molecule has 0 saturated carbocycles. The summed E-state index contributed by atoms with van der Waals surface area (Å²) in [7, 11) is -30.5. The fraction of sp³-hybridized carbons (Fsp3) is 0.786. The van der Waals surface area contributed by atoms with Gasteiger partial charge in [0.05, 0.1) is 18.2 Å². The lowest BCUT2D eigenvalue weighted by atomic mass is 10.6. The van der Waals surface area contributed by atoms with E-state index in [1.54, 1.807) is 32.7 Å². The van der Waals surface area contributed by atoms with Crippen LogP contribution in [0.25, 0.3) is 4.85 Å². The second kappa shape index (κ2) is 9.12. The van der Waals surface area contributed by atoms with Gasteiger partial charge in [0.2, 0.25) is 6.54 Å². The van der Waals surface area contributed by atoms with Crippen molar-refractivity contribution in [3.63, 3.8) is 0 Å². The Labute approximate surface area is 223 Å². The van der Waals surface area contributed by atoms with E-state index in [9.17, 15) is 10.5 Å². The van der Waals surface area contributed by atoms with E-state index in [4.69, 9.17) is 56.0 Å². The molecular weight excluding hydrogens is 627 g/mol. The molecule has 23 heteroatoms. The van der Waals surface area contributed by atoms with Gasteiger partial charge in [-0.1, -0.05) is 0 Å². The van der Waals surface area contributed by atoms with Gasteiger partial charge in [0, 0.05) is 57.7 Å². The molecule has 0 amide bonds. The summed E-state index contributed by atoms with van der Waals surface area (Å²) in [5, 5.41) is 18.9. The van der Waals surface area contributed by atoms with Crippen LogP contribution in [0.1, 0.15) is 12.8 Å². The minimum absolute atomic E-state index is 0.0298. The van der Waals surface area contributed by atoms with Crippen LogP contribution in [0.15, 0.2) is 0 Å². The summed E-state index contributed by atoms with van der Waals surface area (Å²) in [6, 6.07) is 4.46. The summed E-state index contributed by atoms with van der Waals surface area (Å²) in [4.78, 5) is 3.48. The van der Waals surface area contributed by atoms with Gasteiger partial charge < -0.3 is 54.2 Å². The SMILES string of the molecule is [C-]#[N+]CC[Si]12O[Si]3(C)O[Si]4(C)O[Si](C)(O1)O[Si]1(CCC#N)O[Si](C)(O[Si](C)(O3)O[Si](CCC#N)(O4)O1)O2. The molecule has 6 aliphatic rings. The van der Waals surface area contributed by atoms with Gasteiger partial charge in [0.1, 0.15) is 0 Å². The Kier molecular flexibility index (Phi) is 6.97. The van der Waals surface area contributed by atoms with E-state index in [1.165, 1.54) is 0 Å². The summed E-state index contributed by atoms with van der Waals surface area (Å²) in [5.74, 6) is 0. The molecule has 0 aromatic rings. The number of nitrogens with zero attached hydrogens (tertiary/aromatic N) is 3. The van der Waals surface area contributed by atoms with Gasteiger partial charge in [-0.15, -0.1) is 0 Å². The van der Waals surface area contributed by atoms with E-state index in [-0.39, 0.29) is 37.5 Å². The average Bonchev–Trinajstić information content (AvgIpc) is 2.68. The lowest BCUT2D eigenvalue weighted by Gasteiger charge is -2.61. The minimum atomic E-state index is -3.94. The molecule has 0 spiro atoms. The van der Waals surface area contributed by atoms with Crippen LogP contribution in [-0.4, -0.2) is 77.0 Å². The van der Waals surface area contributed by atoms with Crippen molar-refractivity contribution in [1.82, 2.24) is 0 Å². The van der Waals surface area contributed by atoms with Crippen LogP contribution in [-0.2, 0) is 49.4 Å². The summed E-state index contributed by atoms with van der Waals surface area (Å²) >= 11 is 0. The molecule has 6 saturated heterocycles. The monoisotopic (exact) mass is 653 g/mol. The first-order chi connectivity index (χ1) is 17.2. The van der Waals surface area contributed by atoms with E-state index >= 15 is 0 Å². The molecule has 0 aliphatic carbocycles. The first-order valence-electron chi connectivity index (χ1n) is 11.7. The predicted molar refractivity (Wildman–Crippen MR) is 135 cm³/mol. The third-order valence-corrected chi connectivity index (χ3v) is 41.8. The predicted octanol–water partition coefficient (Wildman–Crippen LogP) is 1.66. The molecule has 6 rings (SSSR count). The molecule has 6 fully saturated rings. The number of hydrogen-bond acceptors (Lipinski definition) is 14. The maximum Gasteiger partial charge on any atom is 0.486 e. The van der Waals surface area contributed by atoms with E-state index in [0.717, 1.165) is 0 Å². The summed E-state index contributed by atoms with van der Waals surface area (Å²) in [6.45, 7) is 15.7. The largest absolute Gasteiger partial charge is 0.486 e. The van der Waals surface area contributed by atoms with Crippen LogP contribution < -0.4 is 0 Å². The van der Waals surface area contributed by atoms with E-state index < -0.39 is 70.4 Å². The first kappa shape index (κ1) is 28.3. The molecule has 202 valence electrons. The zero-order valence-corrected chi connectivity index (χ0v) is 29.0. The Morgan fingerprint density at radius 2 is 0.811 bits per heavy atom. The molecule has 0 aromatic carbocycles. The number of nitriles is 2. The lowest BCUT2D eigenvalue weighted by Crippen LogP contribution is -2.87. The van der Waals surface area contributed by atoms with Crippen molar-refractivity contribution in [2.45, 2.75) is 63.7 Å². The van der Waals surface area contributed by atoms with Gasteiger partial charge >= 0.3 is 70.4 Å². The Bertz CT molecular complexity index is 1060. The summed E-state index contributed by atoms with van der Waals surface area (Å²) in [6.07, 6.45) is 0.0697. The molecular formula is C14H27N3O12Si8. The van der Waals surface area contributed by atoms with Crippen LogP contribution >= 0.6 is 0 Å². The normalized spacial score (nSPS) is 52.1. The fourth-order valence-corrected chi connectivity index (χ4v) is 51.5. The van der Waals surface area contributed by atoms with Crippen molar-refractivity contribution in [1.29, 1.82) is 10.5 Å². The quantitative estimate of drug-likeness (QED) is 0.300. The van der Waals surface area contributed by atoms with Crippen molar-refractivity contribution >= 4 is 70.4 Å². The molecule has 0 N–H and O–H groups in total. The highest BCUT2D eigenvalue weighted by Crippen LogP contribution is 2.50. The third-order valence-electron chi connectivity index (χ3n) is 5.80. The fourth-order valence-electron chi connectivity index (χ4n) is 5.13. The second-order valence-electron chi connectivity index (χ2n) is 9.53. The third kappa shape index (κ3) is 5.40. The number of rotatable bonds is 6. The highest BCUT2D eigenvalue weighted by molar-refractivity contribution is 7.02. The van der Waals surface area contributed by atoms with Gasteiger partial charge in [0.15, 0.2) is 0 Å². The van der Waals surface area contributed by atoms with Crippen molar-refractivity contribution in [2.24, 2.45) is 0 Å². The van der Waals surface area contributed by atoms with Gasteiger partial charge in [-0.3, -0.25) is 0 Å². The van der Waals surface area contributed by atoms with Crippen molar-refractivity contribution in [2.75, 3.05) is 6.54 Å². The van der Waals surface area contributed by atoms with Crippen LogP contribution in [0.5, 0.6) is 0 Å². The highest BCUT2D eigenvalue weighted by Gasteiger charge is 2.80. The van der Waals surface area contributed by atoms with Crippen LogP contribution in [0.2, 0.25) is 50.9 Å². The summed E-state index contributed by atoms with van der Waals surface area (Å²) < 4.78 is 79.4. The van der Waals surface area contributed by atoms with E-state index in [0.29, 0.717) is 0 Å². The maximum absolute atomic E-state index is 9.45. The topological polar surface area (TPSA) is 163 Å². The zero-order valence-electron chi connectivity index (χ0n) is 21.0. The molecule has 6 heterocycles. The molecule has 8 bridgehead atoms. The Balaban J connectivity index is 1.77. The molecule has 37 heavy (non-hydrogen) atoms. The van der Waals surface area contributed by atoms with Gasteiger partial charge in [0.25, 0.3) is 0 Å². The van der Waals surface area contributed by atoms with Crippen LogP contribution in [0.3, 0.4) is 0 Å². The van der Waals surface area contributed by atoms with Gasteiger partial charge in [-0.25, -0.2) is 6.57 Å². The smallest absolute Gasteiger partial charge is 0.374 e. The number of hydrogen-bond donors (Lipinski definition) is 0. The Morgan fingerprint density at radius 3 is 1.11 bits per heavy atom. The maximum atomic E-state index is 9.45. The lowest BCUT2D eigenvalue weighted by molar-refractivity contribution is -0.0220. The molecule has 6 aliphatic heterocycles. The average molecular weight is 654 g/mol. The Hall–Kier alpha value is -0.275. The molecule has 15 nitrogen and oxygen atoms in total. The van der Waals surface area contributed by atoms with E-state index in [1.807, 2.05) is 0 Å². The van der Waals surface area contributed by atoms with Crippen LogP contribution in [0.4, 0.5) is 0 Å². The molecule has 0 radical (unpaired) electrons. The van der Waals surface area contributed by atoms with Gasteiger partial charge in [-0.05, 0) is 0 Å². The molecule has 4 unspecified atom stereocenters. The first-order valence-corrected chi connectivity index (χ1v) is 28.6. The van der Waals surface area contributed by atoms with Crippen molar-refractivity contribution in [3.05, 3.63) is 11.4 Å².